The smallest absolute Gasteiger partial charge is 0.128 e. The zero-order valence-electron chi connectivity index (χ0n) is 8.67. The predicted octanol–water partition coefficient (Wildman–Crippen LogP) is 1.57. The molecule has 0 aliphatic heterocycles. The van der Waals surface area contributed by atoms with Crippen LogP contribution >= 0.6 is 0 Å². The molecule has 0 fully saturated rings. The van der Waals surface area contributed by atoms with Crippen molar-refractivity contribution >= 4 is 0 Å². The molecular formula is C12H11N3O. The molecule has 16 heavy (non-hydrogen) atoms. The van der Waals surface area contributed by atoms with Gasteiger partial charge < -0.3 is 5.11 Å². The second kappa shape index (κ2) is 4.60. The van der Waals surface area contributed by atoms with E-state index in [0.29, 0.717) is 0 Å². The van der Waals surface area contributed by atoms with Crippen molar-refractivity contribution in [3.63, 3.8) is 0 Å². The average Bonchev–Trinajstić information content (AvgIpc) is 2.78. The molecule has 1 aromatic heterocycles. The van der Waals surface area contributed by atoms with Crippen LogP contribution in [0.1, 0.15) is 5.56 Å². The van der Waals surface area contributed by atoms with E-state index in [0.717, 1.165) is 16.7 Å². The minimum Gasteiger partial charge on any atom is -0.392 e. The number of nitriles is 1. The molecule has 0 spiro atoms. The average molecular weight is 213 g/mol. The summed E-state index contributed by atoms with van der Waals surface area (Å²) in [6, 6.07) is 9.64. The molecule has 1 aromatic carbocycles. The van der Waals surface area contributed by atoms with E-state index in [1.807, 2.05) is 36.5 Å². The first kappa shape index (κ1) is 10.4. The van der Waals surface area contributed by atoms with Gasteiger partial charge in [-0.2, -0.15) is 10.4 Å². The molecule has 0 unspecified atom stereocenters. The number of hydrogen-bond acceptors (Lipinski definition) is 3. The van der Waals surface area contributed by atoms with Crippen LogP contribution in [0.3, 0.4) is 0 Å². The molecule has 4 heteroatoms. The molecule has 0 saturated heterocycles. The zero-order chi connectivity index (χ0) is 11.4. The third-order valence-electron chi connectivity index (χ3n) is 2.34. The minimum atomic E-state index is 0.0496. The first-order valence-corrected chi connectivity index (χ1v) is 4.93. The summed E-state index contributed by atoms with van der Waals surface area (Å²) in [6.45, 7) is 0.308. The van der Waals surface area contributed by atoms with Gasteiger partial charge in [-0.25, -0.2) is 0 Å². The Morgan fingerprint density at radius 1 is 1.25 bits per heavy atom. The number of aliphatic hydroxyl groups is 1. The third kappa shape index (κ3) is 2.10. The van der Waals surface area contributed by atoms with Gasteiger partial charge in [-0.05, 0) is 11.1 Å². The van der Waals surface area contributed by atoms with Gasteiger partial charge in [-0.1, -0.05) is 24.3 Å². The lowest BCUT2D eigenvalue weighted by molar-refractivity contribution is 0.282. The van der Waals surface area contributed by atoms with Gasteiger partial charge in [-0.15, -0.1) is 0 Å². The monoisotopic (exact) mass is 213 g/mol. The van der Waals surface area contributed by atoms with Gasteiger partial charge in [0.05, 0.1) is 18.9 Å². The molecule has 0 radical (unpaired) electrons. The first-order valence-electron chi connectivity index (χ1n) is 4.93. The van der Waals surface area contributed by atoms with Gasteiger partial charge in [0, 0.05) is 11.8 Å². The highest BCUT2D eigenvalue weighted by Crippen LogP contribution is 2.18. The third-order valence-corrected chi connectivity index (χ3v) is 2.34. The maximum Gasteiger partial charge on any atom is 0.128 e. The molecule has 0 atom stereocenters. The molecule has 80 valence electrons. The van der Waals surface area contributed by atoms with Crippen molar-refractivity contribution in [2.45, 2.75) is 13.2 Å². The molecule has 0 bridgehead atoms. The van der Waals surface area contributed by atoms with E-state index in [2.05, 4.69) is 5.10 Å². The lowest BCUT2D eigenvalue weighted by atomic mass is 10.1. The van der Waals surface area contributed by atoms with Gasteiger partial charge in [0.15, 0.2) is 0 Å². The fraction of sp³-hybridized carbons (Fsp3) is 0.167. The predicted molar refractivity (Wildman–Crippen MR) is 59.2 cm³/mol. The van der Waals surface area contributed by atoms with E-state index in [1.54, 1.807) is 10.9 Å². The summed E-state index contributed by atoms with van der Waals surface area (Å²) in [5.41, 5.74) is 2.88. The Balaban J connectivity index is 2.25. The normalized spacial score (nSPS) is 10.0. The van der Waals surface area contributed by atoms with Crippen LogP contribution in [-0.2, 0) is 13.2 Å². The molecular weight excluding hydrogens is 202 g/mol. The van der Waals surface area contributed by atoms with E-state index in [1.165, 1.54) is 0 Å². The second-order valence-corrected chi connectivity index (χ2v) is 3.44. The summed E-state index contributed by atoms with van der Waals surface area (Å²) in [6.07, 6.45) is 3.56. The zero-order valence-corrected chi connectivity index (χ0v) is 8.67. The fourth-order valence-corrected chi connectivity index (χ4v) is 1.47. The molecule has 0 aliphatic rings. The highest BCUT2D eigenvalue weighted by atomic mass is 16.3. The maximum atomic E-state index is 8.92. The molecule has 1 heterocycles. The highest BCUT2D eigenvalue weighted by Gasteiger charge is 2.01. The number of aromatic nitrogens is 2. The van der Waals surface area contributed by atoms with E-state index in [4.69, 9.17) is 10.4 Å². The lowest BCUT2D eigenvalue weighted by Gasteiger charge is -1.98. The molecule has 2 aromatic rings. The van der Waals surface area contributed by atoms with Crippen LogP contribution in [0.4, 0.5) is 0 Å². The molecule has 0 amide bonds. The molecule has 1 N–H and O–H groups in total. The summed E-state index contributed by atoms with van der Waals surface area (Å²) in [5.74, 6) is 0. The Hall–Kier alpha value is -2.12. The summed E-state index contributed by atoms with van der Waals surface area (Å²) in [5, 5.41) is 21.5. The van der Waals surface area contributed by atoms with Crippen LogP contribution in [0.25, 0.3) is 11.1 Å². The molecule has 2 rings (SSSR count). The summed E-state index contributed by atoms with van der Waals surface area (Å²) in [4.78, 5) is 0. The van der Waals surface area contributed by atoms with Crippen LogP contribution in [0.15, 0.2) is 36.7 Å². The van der Waals surface area contributed by atoms with Crippen LogP contribution in [0.5, 0.6) is 0 Å². The number of hydrogen-bond donors (Lipinski definition) is 1. The minimum absolute atomic E-state index is 0.0496. The van der Waals surface area contributed by atoms with Gasteiger partial charge in [0.1, 0.15) is 6.54 Å². The number of benzene rings is 1. The number of aliphatic hydroxyl groups excluding tert-OH is 1. The van der Waals surface area contributed by atoms with Crippen molar-refractivity contribution in [3.05, 3.63) is 42.2 Å². The lowest BCUT2D eigenvalue weighted by Crippen LogP contribution is -1.93. The Morgan fingerprint density at radius 3 is 2.62 bits per heavy atom. The number of nitrogens with zero attached hydrogens (tertiary/aromatic N) is 3. The molecule has 0 aliphatic carbocycles. The Bertz CT molecular complexity index is 508. The van der Waals surface area contributed by atoms with Crippen molar-refractivity contribution in [1.29, 1.82) is 5.26 Å². The highest BCUT2D eigenvalue weighted by molar-refractivity contribution is 5.61. The van der Waals surface area contributed by atoms with E-state index >= 15 is 0 Å². The van der Waals surface area contributed by atoms with Crippen LogP contribution in [0, 0.1) is 11.3 Å². The van der Waals surface area contributed by atoms with Crippen molar-refractivity contribution in [2.75, 3.05) is 0 Å². The van der Waals surface area contributed by atoms with Crippen molar-refractivity contribution < 1.29 is 5.11 Å². The fourth-order valence-electron chi connectivity index (χ4n) is 1.47. The van der Waals surface area contributed by atoms with Crippen LogP contribution in [0.2, 0.25) is 0 Å². The topological polar surface area (TPSA) is 61.8 Å². The summed E-state index contributed by atoms with van der Waals surface area (Å²) in [7, 11) is 0. The second-order valence-electron chi connectivity index (χ2n) is 3.44. The molecule has 0 saturated carbocycles. The van der Waals surface area contributed by atoms with Crippen LogP contribution < -0.4 is 0 Å². The van der Waals surface area contributed by atoms with E-state index in [9.17, 15) is 0 Å². The van der Waals surface area contributed by atoms with Crippen molar-refractivity contribution in [2.24, 2.45) is 0 Å². The Kier molecular flexibility index (Phi) is 2.99. The van der Waals surface area contributed by atoms with Gasteiger partial charge in [-0.3, -0.25) is 4.68 Å². The van der Waals surface area contributed by atoms with Gasteiger partial charge in [0.2, 0.25) is 0 Å². The number of rotatable bonds is 3. The largest absolute Gasteiger partial charge is 0.392 e. The van der Waals surface area contributed by atoms with Crippen molar-refractivity contribution in [3.8, 4) is 17.2 Å². The van der Waals surface area contributed by atoms with Crippen LogP contribution in [-0.4, -0.2) is 14.9 Å². The van der Waals surface area contributed by atoms with E-state index < -0.39 is 0 Å². The maximum absolute atomic E-state index is 8.92. The van der Waals surface area contributed by atoms with E-state index in [-0.39, 0.29) is 13.2 Å². The first-order chi connectivity index (χ1) is 7.83. The van der Waals surface area contributed by atoms with Gasteiger partial charge >= 0.3 is 0 Å². The summed E-state index contributed by atoms with van der Waals surface area (Å²) < 4.78 is 1.59. The quantitative estimate of drug-likeness (QED) is 0.841. The molecule has 4 nitrogen and oxygen atoms in total. The van der Waals surface area contributed by atoms with Gasteiger partial charge in [0.25, 0.3) is 0 Å². The Morgan fingerprint density at radius 2 is 2.00 bits per heavy atom. The standard InChI is InChI=1S/C12H11N3O/c13-5-6-15-8-12(7-14-15)11-3-1-10(9-16)2-4-11/h1-4,7-8,16H,6,9H2. The summed E-state index contributed by atoms with van der Waals surface area (Å²) >= 11 is 0. The Labute approximate surface area is 93.4 Å². The SMILES string of the molecule is N#CCn1cc(-c2ccc(CO)cc2)cn1. The van der Waals surface area contributed by atoms with Crippen molar-refractivity contribution in [1.82, 2.24) is 9.78 Å².